The summed E-state index contributed by atoms with van der Waals surface area (Å²) < 4.78 is 1.96. The summed E-state index contributed by atoms with van der Waals surface area (Å²) in [4.78, 5) is 14.1. The predicted molar refractivity (Wildman–Crippen MR) is 97.7 cm³/mol. The molecule has 0 fully saturated rings. The van der Waals surface area contributed by atoms with Crippen molar-refractivity contribution in [2.24, 2.45) is 4.99 Å². The van der Waals surface area contributed by atoms with Crippen LogP contribution in [0, 0.1) is 6.92 Å². The number of aryl methyl sites for hydroxylation is 2. The number of nitrogens with one attached hydrogen (secondary N) is 2. The van der Waals surface area contributed by atoms with E-state index in [4.69, 9.17) is 0 Å². The summed E-state index contributed by atoms with van der Waals surface area (Å²) >= 11 is 1.70. The molecular formula is C13H20IN7S. The number of hydrogen-bond donors (Lipinski definition) is 2. The molecule has 1 unspecified atom stereocenters. The first-order valence-corrected chi connectivity index (χ1v) is 7.81. The van der Waals surface area contributed by atoms with Crippen LogP contribution in [-0.2, 0) is 19.5 Å². The maximum Gasteiger partial charge on any atom is 0.191 e. The zero-order valence-electron chi connectivity index (χ0n) is 12.6. The highest BCUT2D eigenvalue weighted by Gasteiger charge is 2.20. The fraction of sp³-hybridized carbons (Fsp3) is 0.538. The molecule has 2 N–H and O–H groups in total. The van der Waals surface area contributed by atoms with E-state index < -0.39 is 0 Å². The van der Waals surface area contributed by atoms with Gasteiger partial charge in [-0.3, -0.25) is 4.99 Å². The van der Waals surface area contributed by atoms with Gasteiger partial charge in [-0.05, 0) is 13.3 Å². The summed E-state index contributed by atoms with van der Waals surface area (Å²) in [5.74, 6) is 1.87. The van der Waals surface area contributed by atoms with Crippen molar-refractivity contribution in [3.05, 3.63) is 28.2 Å². The first-order chi connectivity index (χ1) is 10.2. The molecule has 2 aromatic rings. The van der Waals surface area contributed by atoms with E-state index in [0.717, 1.165) is 36.2 Å². The van der Waals surface area contributed by atoms with Crippen LogP contribution in [0.1, 0.15) is 22.1 Å². The lowest BCUT2D eigenvalue weighted by Crippen LogP contribution is -2.46. The van der Waals surface area contributed by atoms with Gasteiger partial charge >= 0.3 is 0 Å². The number of rotatable bonds is 3. The van der Waals surface area contributed by atoms with Crippen LogP contribution in [0.4, 0.5) is 0 Å². The van der Waals surface area contributed by atoms with Crippen LogP contribution >= 0.6 is 35.3 Å². The molecule has 1 aliphatic rings. The molecule has 0 saturated heterocycles. The number of aromatic nitrogens is 4. The van der Waals surface area contributed by atoms with Gasteiger partial charge in [-0.25, -0.2) is 14.6 Å². The fourth-order valence-corrected chi connectivity index (χ4v) is 3.11. The van der Waals surface area contributed by atoms with Crippen molar-refractivity contribution in [1.29, 1.82) is 0 Å². The lowest BCUT2D eigenvalue weighted by molar-refractivity contribution is 0.392. The molecule has 0 aromatic carbocycles. The topological polar surface area (TPSA) is 80.0 Å². The molecule has 0 radical (unpaired) electrons. The Morgan fingerprint density at radius 2 is 2.36 bits per heavy atom. The molecule has 0 saturated carbocycles. The molecule has 0 bridgehead atoms. The second-order valence-corrected chi connectivity index (χ2v) is 6.35. The molecule has 3 rings (SSSR count). The number of halogens is 1. The van der Waals surface area contributed by atoms with Crippen LogP contribution in [0.2, 0.25) is 0 Å². The van der Waals surface area contributed by atoms with Gasteiger partial charge in [0.05, 0.1) is 13.1 Å². The van der Waals surface area contributed by atoms with E-state index in [1.54, 1.807) is 24.7 Å². The Bertz CT molecular complexity index is 636. The van der Waals surface area contributed by atoms with E-state index in [1.807, 2.05) is 10.9 Å². The van der Waals surface area contributed by atoms with Crippen molar-refractivity contribution in [3.8, 4) is 0 Å². The third-order valence-electron chi connectivity index (χ3n) is 3.45. The normalized spacial score (nSPS) is 17.5. The maximum atomic E-state index is 4.34. The molecule has 0 amide bonds. The largest absolute Gasteiger partial charge is 0.352 e. The molecule has 2 aromatic heterocycles. The summed E-state index contributed by atoms with van der Waals surface area (Å²) in [6.07, 6.45) is 5.50. The number of guanidine groups is 1. The average Bonchev–Trinajstić information content (AvgIpc) is 3.11. The molecule has 1 aliphatic heterocycles. The van der Waals surface area contributed by atoms with Crippen molar-refractivity contribution < 1.29 is 0 Å². The molecule has 1 atom stereocenters. The van der Waals surface area contributed by atoms with Gasteiger partial charge in [0.15, 0.2) is 5.96 Å². The summed E-state index contributed by atoms with van der Waals surface area (Å²) in [6, 6.07) is 0.323. The maximum absolute atomic E-state index is 4.34. The van der Waals surface area contributed by atoms with Crippen molar-refractivity contribution in [2.75, 3.05) is 7.05 Å². The Labute approximate surface area is 150 Å². The van der Waals surface area contributed by atoms with Gasteiger partial charge < -0.3 is 10.6 Å². The Balaban J connectivity index is 0.00000176. The Morgan fingerprint density at radius 1 is 1.50 bits per heavy atom. The predicted octanol–water partition coefficient (Wildman–Crippen LogP) is 1.34. The van der Waals surface area contributed by atoms with Gasteiger partial charge in [0.2, 0.25) is 0 Å². The lowest BCUT2D eigenvalue weighted by atomic mass is 10.1. The van der Waals surface area contributed by atoms with Crippen molar-refractivity contribution in [2.45, 2.75) is 38.9 Å². The standard InChI is InChI=1S/C13H19N7S.HI/c1-9-5-15-12(21-9)6-16-13(14-2)19-10-3-4-11-17-8-18-20(11)7-10;/h5,8,10H,3-4,6-7H2,1-2H3,(H2,14,16,19);1H. The van der Waals surface area contributed by atoms with Gasteiger partial charge in [0.25, 0.3) is 0 Å². The number of aliphatic imine (C=N–C) groups is 1. The zero-order valence-corrected chi connectivity index (χ0v) is 15.8. The number of hydrogen-bond acceptors (Lipinski definition) is 5. The third-order valence-corrected chi connectivity index (χ3v) is 4.36. The van der Waals surface area contributed by atoms with E-state index in [0.29, 0.717) is 12.6 Å². The Kier molecular flexibility index (Phi) is 6.12. The lowest BCUT2D eigenvalue weighted by Gasteiger charge is -2.25. The van der Waals surface area contributed by atoms with E-state index >= 15 is 0 Å². The second kappa shape index (κ2) is 7.86. The van der Waals surface area contributed by atoms with Crippen molar-refractivity contribution in [3.63, 3.8) is 0 Å². The van der Waals surface area contributed by atoms with Crippen LogP contribution < -0.4 is 10.6 Å². The van der Waals surface area contributed by atoms with E-state index in [-0.39, 0.29) is 24.0 Å². The van der Waals surface area contributed by atoms with Crippen LogP contribution in [0.15, 0.2) is 17.5 Å². The molecule has 0 spiro atoms. The fourth-order valence-electron chi connectivity index (χ4n) is 2.39. The van der Waals surface area contributed by atoms with Gasteiger partial charge in [-0.15, -0.1) is 35.3 Å². The molecule has 120 valence electrons. The van der Waals surface area contributed by atoms with Gasteiger partial charge in [-0.2, -0.15) is 5.10 Å². The molecular weight excluding hydrogens is 413 g/mol. The highest BCUT2D eigenvalue weighted by molar-refractivity contribution is 14.0. The summed E-state index contributed by atoms with van der Waals surface area (Å²) in [5, 5.41) is 12.0. The number of fused-ring (bicyclic) bond motifs is 1. The van der Waals surface area contributed by atoms with Crippen LogP contribution in [0.5, 0.6) is 0 Å². The van der Waals surface area contributed by atoms with Crippen molar-refractivity contribution in [1.82, 2.24) is 30.4 Å². The summed E-state index contributed by atoms with van der Waals surface area (Å²) in [7, 11) is 1.78. The smallest absolute Gasteiger partial charge is 0.191 e. The molecule has 9 heteroatoms. The van der Waals surface area contributed by atoms with Gasteiger partial charge in [0.1, 0.15) is 17.2 Å². The first-order valence-electron chi connectivity index (χ1n) is 7.00. The highest BCUT2D eigenvalue weighted by atomic mass is 127. The van der Waals surface area contributed by atoms with Gasteiger partial charge in [-0.1, -0.05) is 0 Å². The monoisotopic (exact) mass is 433 g/mol. The Hall–Kier alpha value is -1.23. The molecule has 22 heavy (non-hydrogen) atoms. The summed E-state index contributed by atoms with van der Waals surface area (Å²) in [6.45, 7) is 3.58. The van der Waals surface area contributed by atoms with Crippen LogP contribution in [0.25, 0.3) is 0 Å². The molecule has 3 heterocycles. The molecule has 7 nitrogen and oxygen atoms in total. The Morgan fingerprint density at radius 3 is 3.09 bits per heavy atom. The quantitative estimate of drug-likeness (QED) is 0.434. The van der Waals surface area contributed by atoms with Crippen molar-refractivity contribution >= 4 is 41.3 Å². The second-order valence-electron chi connectivity index (χ2n) is 5.03. The highest BCUT2D eigenvalue weighted by Crippen LogP contribution is 2.12. The number of thiazole rings is 1. The molecule has 0 aliphatic carbocycles. The average molecular weight is 433 g/mol. The minimum absolute atomic E-state index is 0. The summed E-state index contributed by atoms with van der Waals surface area (Å²) in [5.41, 5.74) is 0. The minimum Gasteiger partial charge on any atom is -0.352 e. The number of nitrogens with zero attached hydrogens (tertiary/aromatic N) is 5. The van der Waals surface area contributed by atoms with E-state index in [1.165, 1.54) is 4.88 Å². The van der Waals surface area contributed by atoms with E-state index in [9.17, 15) is 0 Å². The van der Waals surface area contributed by atoms with Gasteiger partial charge in [0, 0.05) is 30.6 Å². The third kappa shape index (κ3) is 4.15. The first kappa shape index (κ1) is 17.1. The van der Waals surface area contributed by atoms with Crippen LogP contribution in [0.3, 0.4) is 0 Å². The minimum atomic E-state index is 0. The zero-order chi connectivity index (χ0) is 14.7. The van der Waals surface area contributed by atoms with Crippen LogP contribution in [-0.4, -0.2) is 38.8 Å². The SMILES string of the molecule is CN=C(NCc1ncc(C)s1)NC1CCc2ncnn2C1.I. The van der Waals surface area contributed by atoms with E-state index in [2.05, 4.69) is 37.6 Å².